The quantitative estimate of drug-likeness (QED) is 0.583. The predicted octanol–water partition coefficient (Wildman–Crippen LogP) is 5.01. The van der Waals surface area contributed by atoms with Gasteiger partial charge in [0, 0.05) is 17.6 Å². The van der Waals surface area contributed by atoms with E-state index in [1.165, 1.54) is 0 Å². The van der Waals surface area contributed by atoms with Crippen LogP contribution in [0.15, 0.2) is 42.5 Å². The summed E-state index contributed by atoms with van der Waals surface area (Å²) in [4.78, 5) is 27.5. The van der Waals surface area contributed by atoms with Gasteiger partial charge in [-0.3, -0.25) is 9.59 Å². The molecule has 2 rings (SSSR count). The van der Waals surface area contributed by atoms with E-state index in [9.17, 15) is 9.59 Å². The molecule has 0 fully saturated rings. The van der Waals surface area contributed by atoms with Crippen molar-refractivity contribution in [1.82, 2.24) is 10.2 Å². The summed E-state index contributed by atoms with van der Waals surface area (Å²) < 4.78 is 5.64. The number of benzene rings is 2. The first-order valence-electron chi connectivity index (χ1n) is 9.94. The maximum absolute atomic E-state index is 13.1. The fourth-order valence-corrected chi connectivity index (χ4v) is 3.59. The number of carbonyl (C=O) groups excluding carboxylic acids is 2. The number of ether oxygens (including phenoxy) is 1. The van der Waals surface area contributed by atoms with Crippen LogP contribution in [0, 0.1) is 6.92 Å². The van der Waals surface area contributed by atoms with Crippen LogP contribution in [0.1, 0.15) is 38.3 Å². The fourth-order valence-electron chi connectivity index (χ4n) is 3.12. The third kappa shape index (κ3) is 6.92. The van der Waals surface area contributed by atoms with Crippen LogP contribution in [0.3, 0.4) is 0 Å². The van der Waals surface area contributed by atoms with Crippen LogP contribution in [0.4, 0.5) is 0 Å². The topological polar surface area (TPSA) is 58.6 Å². The molecule has 0 bridgehead atoms. The number of amides is 2. The van der Waals surface area contributed by atoms with Crippen molar-refractivity contribution >= 4 is 35.0 Å². The molecule has 0 spiro atoms. The molecular weight excluding hydrogens is 423 g/mol. The Morgan fingerprint density at radius 1 is 1.13 bits per heavy atom. The van der Waals surface area contributed by atoms with Crippen molar-refractivity contribution < 1.29 is 14.3 Å². The van der Waals surface area contributed by atoms with E-state index in [1.54, 1.807) is 23.1 Å². The highest BCUT2D eigenvalue weighted by atomic mass is 35.5. The van der Waals surface area contributed by atoms with Crippen LogP contribution in [-0.2, 0) is 16.1 Å². The summed E-state index contributed by atoms with van der Waals surface area (Å²) in [5.41, 5.74) is 2.03. The minimum Gasteiger partial charge on any atom is -0.482 e. The van der Waals surface area contributed by atoms with Crippen molar-refractivity contribution in [3.63, 3.8) is 0 Å². The van der Waals surface area contributed by atoms with Gasteiger partial charge in [-0.1, -0.05) is 60.0 Å². The fraction of sp³-hybridized carbons (Fsp3) is 0.391. The number of carbonyl (C=O) groups is 2. The van der Waals surface area contributed by atoms with Gasteiger partial charge in [-0.05, 0) is 51.0 Å². The van der Waals surface area contributed by atoms with Gasteiger partial charge in [-0.15, -0.1) is 0 Å². The van der Waals surface area contributed by atoms with Crippen molar-refractivity contribution in [2.75, 3.05) is 6.61 Å². The second-order valence-electron chi connectivity index (χ2n) is 7.46. The molecule has 0 saturated heterocycles. The van der Waals surface area contributed by atoms with Crippen molar-refractivity contribution in [3.8, 4) is 5.75 Å². The van der Waals surface area contributed by atoms with E-state index in [0.717, 1.165) is 11.1 Å². The zero-order valence-corrected chi connectivity index (χ0v) is 19.3. The summed E-state index contributed by atoms with van der Waals surface area (Å²) in [5, 5.41) is 3.71. The Bertz CT molecular complexity index is 887. The van der Waals surface area contributed by atoms with E-state index in [1.807, 2.05) is 52.0 Å². The first-order valence-corrected chi connectivity index (χ1v) is 10.7. The second kappa shape index (κ2) is 11.2. The highest BCUT2D eigenvalue weighted by Crippen LogP contribution is 2.27. The highest BCUT2D eigenvalue weighted by molar-refractivity contribution is 6.35. The molecule has 0 aliphatic carbocycles. The lowest BCUT2D eigenvalue weighted by Crippen LogP contribution is -2.51. The molecule has 0 heterocycles. The first kappa shape index (κ1) is 24.0. The van der Waals surface area contributed by atoms with E-state index in [4.69, 9.17) is 27.9 Å². The minimum absolute atomic E-state index is 0.0217. The molecule has 1 atom stereocenters. The third-order valence-electron chi connectivity index (χ3n) is 4.50. The van der Waals surface area contributed by atoms with Gasteiger partial charge in [0.15, 0.2) is 6.61 Å². The monoisotopic (exact) mass is 450 g/mol. The molecule has 7 heteroatoms. The lowest BCUT2D eigenvalue weighted by molar-refractivity contribution is -0.143. The van der Waals surface area contributed by atoms with Crippen LogP contribution < -0.4 is 10.1 Å². The molecule has 2 aromatic rings. The predicted molar refractivity (Wildman–Crippen MR) is 121 cm³/mol. The van der Waals surface area contributed by atoms with Crippen molar-refractivity contribution in [3.05, 3.63) is 63.6 Å². The summed E-state index contributed by atoms with van der Waals surface area (Å²) in [7, 11) is 0. The summed E-state index contributed by atoms with van der Waals surface area (Å²) in [6.07, 6.45) is 0.484. The Labute approximate surface area is 188 Å². The average molecular weight is 451 g/mol. The number of hydrogen-bond acceptors (Lipinski definition) is 3. The zero-order chi connectivity index (χ0) is 22.3. The Kier molecular flexibility index (Phi) is 9.00. The molecule has 0 aromatic heterocycles. The van der Waals surface area contributed by atoms with E-state index in [0.29, 0.717) is 28.8 Å². The molecule has 162 valence electrons. The van der Waals surface area contributed by atoms with Gasteiger partial charge < -0.3 is 15.0 Å². The minimum atomic E-state index is -0.607. The molecular formula is C23H28Cl2N2O3. The van der Waals surface area contributed by atoms with Gasteiger partial charge in [-0.2, -0.15) is 0 Å². The number of rotatable bonds is 9. The molecule has 1 N–H and O–H groups in total. The molecule has 5 nitrogen and oxygen atoms in total. The van der Waals surface area contributed by atoms with Gasteiger partial charge in [0.1, 0.15) is 11.8 Å². The summed E-state index contributed by atoms with van der Waals surface area (Å²) in [5.74, 6) is -0.115. The van der Waals surface area contributed by atoms with Gasteiger partial charge in [0.25, 0.3) is 5.91 Å². The average Bonchev–Trinajstić information content (AvgIpc) is 2.66. The van der Waals surface area contributed by atoms with Crippen LogP contribution in [0.25, 0.3) is 0 Å². The van der Waals surface area contributed by atoms with Crippen LogP contribution in [0.5, 0.6) is 5.75 Å². The normalized spacial score (nSPS) is 11.8. The lowest BCUT2D eigenvalue weighted by atomic mass is 10.1. The van der Waals surface area contributed by atoms with Crippen LogP contribution in [0.2, 0.25) is 10.0 Å². The molecule has 0 aliphatic heterocycles. The van der Waals surface area contributed by atoms with Crippen molar-refractivity contribution in [2.24, 2.45) is 0 Å². The van der Waals surface area contributed by atoms with E-state index >= 15 is 0 Å². The summed E-state index contributed by atoms with van der Waals surface area (Å²) in [6, 6.07) is 12.1. The number of nitrogens with zero attached hydrogens (tertiary/aromatic N) is 1. The molecule has 1 unspecified atom stereocenters. The molecule has 2 aromatic carbocycles. The van der Waals surface area contributed by atoms with Gasteiger partial charge in [0.05, 0.1) is 5.02 Å². The molecule has 0 radical (unpaired) electrons. The van der Waals surface area contributed by atoms with Gasteiger partial charge >= 0.3 is 0 Å². The van der Waals surface area contributed by atoms with Crippen LogP contribution >= 0.6 is 23.2 Å². The second-order valence-corrected chi connectivity index (χ2v) is 8.31. The maximum Gasteiger partial charge on any atom is 0.261 e. The molecule has 0 aliphatic rings. The Morgan fingerprint density at radius 3 is 2.47 bits per heavy atom. The zero-order valence-electron chi connectivity index (χ0n) is 17.7. The Morgan fingerprint density at radius 2 is 1.87 bits per heavy atom. The maximum atomic E-state index is 13.1. The van der Waals surface area contributed by atoms with Crippen molar-refractivity contribution in [1.29, 1.82) is 0 Å². The molecule has 0 saturated carbocycles. The van der Waals surface area contributed by atoms with E-state index in [2.05, 4.69) is 5.32 Å². The molecule has 2 amide bonds. The number of hydrogen-bond donors (Lipinski definition) is 1. The van der Waals surface area contributed by atoms with Gasteiger partial charge in [0.2, 0.25) is 5.91 Å². The summed E-state index contributed by atoms with van der Waals surface area (Å²) in [6.45, 7) is 7.73. The largest absolute Gasteiger partial charge is 0.482 e. The molecule has 30 heavy (non-hydrogen) atoms. The number of aryl methyl sites for hydroxylation is 1. The van der Waals surface area contributed by atoms with Crippen molar-refractivity contribution in [2.45, 2.75) is 52.7 Å². The number of nitrogens with one attached hydrogen (secondary N) is 1. The van der Waals surface area contributed by atoms with E-state index in [-0.39, 0.29) is 24.5 Å². The first-order chi connectivity index (χ1) is 14.2. The lowest BCUT2D eigenvalue weighted by Gasteiger charge is -2.31. The van der Waals surface area contributed by atoms with Gasteiger partial charge in [-0.25, -0.2) is 0 Å². The number of halogens is 2. The third-order valence-corrected chi connectivity index (χ3v) is 5.03. The summed E-state index contributed by atoms with van der Waals surface area (Å²) >= 11 is 12.0. The Balaban J connectivity index is 2.23. The van der Waals surface area contributed by atoms with E-state index < -0.39 is 6.04 Å². The Hall–Kier alpha value is -2.24. The standard InChI is InChI=1S/C23H28Cl2N2O3/c1-5-20(23(29)26-15(2)3)27(13-17-8-6-7-16(4)11-17)22(28)14-30-21-10-9-18(24)12-19(21)25/h6-12,15,20H,5,13-14H2,1-4H3,(H,26,29). The van der Waals surface area contributed by atoms with Crippen LogP contribution in [-0.4, -0.2) is 35.4 Å². The highest BCUT2D eigenvalue weighted by Gasteiger charge is 2.29. The SMILES string of the molecule is CCC(C(=O)NC(C)C)N(Cc1cccc(C)c1)C(=O)COc1ccc(Cl)cc1Cl. The smallest absolute Gasteiger partial charge is 0.261 e.